The van der Waals surface area contributed by atoms with Crippen molar-refractivity contribution in [3.63, 3.8) is 0 Å². The van der Waals surface area contributed by atoms with Gasteiger partial charge in [0.1, 0.15) is 6.04 Å². The van der Waals surface area contributed by atoms with Crippen molar-refractivity contribution in [2.24, 2.45) is 0 Å². The number of nitrogens with zero attached hydrogens (tertiary/aromatic N) is 3. The Balaban J connectivity index is 1.55. The van der Waals surface area contributed by atoms with Gasteiger partial charge in [0, 0.05) is 13.0 Å². The third-order valence-electron chi connectivity index (χ3n) is 5.79. The third kappa shape index (κ3) is 3.08. The van der Waals surface area contributed by atoms with Crippen molar-refractivity contribution < 1.29 is 37.1 Å². The van der Waals surface area contributed by atoms with Crippen LogP contribution in [0.25, 0.3) is 0 Å². The van der Waals surface area contributed by atoms with Crippen LogP contribution in [0.2, 0.25) is 0 Å². The van der Waals surface area contributed by atoms with Crippen LogP contribution >= 0.6 is 0 Å². The van der Waals surface area contributed by atoms with E-state index in [0.717, 1.165) is 23.1 Å². The number of amides is 4. The van der Waals surface area contributed by atoms with Gasteiger partial charge in [-0.1, -0.05) is 6.07 Å². The molecule has 3 heterocycles. The van der Waals surface area contributed by atoms with Crippen LogP contribution < -0.4 is 4.90 Å². The molecule has 0 radical (unpaired) electrons. The van der Waals surface area contributed by atoms with E-state index in [1.54, 1.807) is 0 Å². The van der Waals surface area contributed by atoms with Gasteiger partial charge in [0.05, 0.1) is 36.9 Å². The maximum absolute atomic E-state index is 13.0. The highest BCUT2D eigenvalue weighted by atomic mass is 19.4. The fourth-order valence-corrected chi connectivity index (χ4v) is 4.46. The molecule has 0 unspecified atom stereocenters. The summed E-state index contributed by atoms with van der Waals surface area (Å²) in [6.45, 7) is 0.219. The van der Waals surface area contributed by atoms with Crippen LogP contribution in [-0.4, -0.2) is 65.4 Å². The Bertz CT molecular complexity index is 934. The molecule has 3 fully saturated rings. The maximum atomic E-state index is 13.0. The van der Waals surface area contributed by atoms with Crippen LogP contribution in [0, 0.1) is 0 Å². The lowest BCUT2D eigenvalue weighted by atomic mass is 10.1. The van der Waals surface area contributed by atoms with Crippen LogP contribution in [0.3, 0.4) is 0 Å². The number of hydrogen-bond acceptors (Lipinski definition) is 5. The minimum atomic E-state index is -4.61. The van der Waals surface area contributed by atoms with Gasteiger partial charge in [-0.25, -0.2) is 9.69 Å². The van der Waals surface area contributed by atoms with E-state index in [2.05, 4.69) is 4.74 Å². The zero-order valence-corrected chi connectivity index (χ0v) is 15.9. The van der Waals surface area contributed by atoms with Gasteiger partial charge in [0.2, 0.25) is 5.91 Å². The van der Waals surface area contributed by atoms with Gasteiger partial charge < -0.3 is 14.5 Å². The van der Waals surface area contributed by atoms with E-state index in [1.165, 1.54) is 23.0 Å². The molecule has 3 aliphatic rings. The molecule has 0 spiro atoms. The number of ether oxygens (including phenoxy) is 1. The molecule has 1 aromatic carbocycles. The first kappa shape index (κ1) is 20.2. The van der Waals surface area contributed by atoms with E-state index in [1.807, 2.05) is 0 Å². The van der Waals surface area contributed by atoms with Crippen molar-refractivity contribution in [3.8, 4) is 0 Å². The Kier molecular flexibility index (Phi) is 4.70. The van der Waals surface area contributed by atoms with E-state index in [-0.39, 0.29) is 31.0 Å². The zero-order chi connectivity index (χ0) is 21.8. The fraction of sp³-hybridized carbons (Fsp3) is 0.474. The van der Waals surface area contributed by atoms with Gasteiger partial charge in [0.25, 0.3) is 5.91 Å². The number of carbonyl (C=O) groups excluding carboxylic acids is 4. The van der Waals surface area contributed by atoms with Crippen LogP contribution in [0.1, 0.15) is 24.8 Å². The van der Waals surface area contributed by atoms with Crippen molar-refractivity contribution in [2.75, 3.05) is 18.6 Å². The van der Waals surface area contributed by atoms with E-state index >= 15 is 0 Å². The number of urea groups is 1. The van der Waals surface area contributed by atoms with Crippen LogP contribution in [0.5, 0.6) is 0 Å². The molecule has 3 atom stereocenters. The second-order valence-electron chi connectivity index (χ2n) is 7.44. The molecule has 30 heavy (non-hydrogen) atoms. The lowest BCUT2D eigenvalue weighted by Crippen LogP contribution is -2.54. The van der Waals surface area contributed by atoms with Gasteiger partial charge in [-0.3, -0.25) is 14.4 Å². The Hall–Kier alpha value is -3.11. The summed E-state index contributed by atoms with van der Waals surface area (Å²) >= 11 is 0. The monoisotopic (exact) mass is 425 g/mol. The van der Waals surface area contributed by atoms with Gasteiger partial charge >= 0.3 is 18.2 Å². The molecule has 11 heteroatoms. The number of rotatable bonds is 4. The van der Waals surface area contributed by atoms with Gasteiger partial charge in [0.15, 0.2) is 0 Å². The van der Waals surface area contributed by atoms with E-state index in [4.69, 9.17) is 0 Å². The number of carbonyl (C=O) groups is 4. The van der Waals surface area contributed by atoms with Gasteiger partial charge in [-0.05, 0) is 24.6 Å². The summed E-state index contributed by atoms with van der Waals surface area (Å²) in [7, 11) is 1.22. The molecule has 160 valence electrons. The predicted molar refractivity (Wildman–Crippen MR) is 95.1 cm³/mol. The number of anilines is 1. The highest BCUT2D eigenvalue weighted by molar-refractivity contribution is 6.22. The number of imide groups is 1. The van der Waals surface area contributed by atoms with E-state index in [9.17, 15) is 32.3 Å². The highest BCUT2D eigenvalue weighted by Crippen LogP contribution is 2.43. The number of halogens is 3. The van der Waals surface area contributed by atoms with Crippen molar-refractivity contribution in [1.82, 2.24) is 9.80 Å². The number of fused-ring (bicyclic) bond motifs is 5. The van der Waals surface area contributed by atoms with Crippen LogP contribution in [0.15, 0.2) is 24.3 Å². The minimum absolute atomic E-state index is 0.0813. The quantitative estimate of drug-likeness (QED) is 0.542. The lowest BCUT2D eigenvalue weighted by Gasteiger charge is -2.34. The first-order valence-corrected chi connectivity index (χ1v) is 9.33. The molecule has 4 rings (SSSR count). The average Bonchev–Trinajstić information content (AvgIpc) is 3.36. The number of methoxy groups -OCH3 is 1. The Labute approximate surface area is 169 Å². The average molecular weight is 425 g/mol. The predicted octanol–water partition coefficient (Wildman–Crippen LogP) is 1.78. The molecule has 0 N–H and O–H groups in total. The normalized spacial score (nSPS) is 25.2. The summed E-state index contributed by atoms with van der Waals surface area (Å²) in [6.07, 6.45) is -4.37. The molecular formula is C19H18F3N3O5. The SMILES string of the molecule is COC(=O)CCC(=O)N1C[C@@H]2C[C@H]1[C@@H]1C(=O)N(c3cccc(C(F)(F)F)c3)C(=O)N21. The van der Waals surface area contributed by atoms with E-state index < -0.39 is 47.8 Å². The largest absolute Gasteiger partial charge is 0.469 e. The molecule has 2 bridgehead atoms. The number of piperazine rings is 1. The smallest absolute Gasteiger partial charge is 0.416 e. The summed E-state index contributed by atoms with van der Waals surface area (Å²) in [4.78, 5) is 53.2. The molecule has 0 aliphatic carbocycles. The number of alkyl halides is 3. The molecular weight excluding hydrogens is 407 g/mol. The summed E-state index contributed by atoms with van der Waals surface area (Å²) in [5.74, 6) is -1.51. The second-order valence-corrected chi connectivity index (χ2v) is 7.44. The summed E-state index contributed by atoms with van der Waals surface area (Å²) in [6, 6.07) is 1.46. The molecule has 0 aromatic heterocycles. The summed E-state index contributed by atoms with van der Waals surface area (Å²) < 4.78 is 43.6. The first-order valence-electron chi connectivity index (χ1n) is 9.33. The molecule has 3 aliphatic heterocycles. The fourth-order valence-electron chi connectivity index (χ4n) is 4.46. The molecule has 4 amide bonds. The zero-order valence-electron chi connectivity index (χ0n) is 15.9. The van der Waals surface area contributed by atoms with Crippen molar-refractivity contribution >= 4 is 29.5 Å². The number of benzene rings is 1. The van der Waals surface area contributed by atoms with Crippen LogP contribution in [0.4, 0.5) is 23.7 Å². The Morgan fingerprint density at radius 1 is 1.20 bits per heavy atom. The number of hydrogen-bond donors (Lipinski definition) is 0. The molecule has 0 saturated carbocycles. The molecule has 1 aromatic rings. The first-order chi connectivity index (χ1) is 14.1. The Morgan fingerprint density at radius 2 is 1.93 bits per heavy atom. The van der Waals surface area contributed by atoms with Crippen molar-refractivity contribution in [1.29, 1.82) is 0 Å². The summed E-state index contributed by atoms with van der Waals surface area (Å²) in [5.41, 5.74) is -1.12. The highest BCUT2D eigenvalue weighted by Gasteiger charge is 2.62. The van der Waals surface area contributed by atoms with Crippen LogP contribution in [-0.2, 0) is 25.3 Å². The molecule has 3 saturated heterocycles. The van der Waals surface area contributed by atoms with Crippen molar-refractivity contribution in [2.45, 2.75) is 43.6 Å². The minimum Gasteiger partial charge on any atom is -0.469 e. The summed E-state index contributed by atoms with van der Waals surface area (Å²) in [5, 5.41) is 0. The lowest BCUT2D eigenvalue weighted by molar-refractivity contribution is -0.144. The van der Waals surface area contributed by atoms with Gasteiger partial charge in [-0.2, -0.15) is 13.2 Å². The number of esters is 1. The molecule has 8 nitrogen and oxygen atoms in total. The topological polar surface area (TPSA) is 87.2 Å². The standard InChI is InChI=1S/C19H18F3N3O5/c1-30-15(27)6-5-14(26)23-9-12-8-13(23)16-17(28)25(18(29)24(12)16)11-4-2-3-10(7-11)19(20,21)22/h2-4,7,12-13,16H,5-6,8-9H2,1H3/t12-,13-,16+/m0/s1. The third-order valence-corrected chi connectivity index (χ3v) is 5.79. The van der Waals surface area contributed by atoms with Gasteiger partial charge in [-0.15, -0.1) is 0 Å². The van der Waals surface area contributed by atoms with E-state index in [0.29, 0.717) is 6.42 Å². The second kappa shape index (κ2) is 6.99. The Morgan fingerprint density at radius 3 is 2.60 bits per heavy atom. The number of likely N-dealkylation sites (tertiary alicyclic amines) is 1. The van der Waals surface area contributed by atoms with Crippen molar-refractivity contribution in [3.05, 3.63) is 29.8 Å². The maximum Gasteiger partial charge on any atom is 0.416 e.